The number of nitrogens with zero attached hydrogens (tertiary/aromatic N) is 1. The number of rotatable bonds is 4. The first-order chi connectivity index (χ1) is 14.8. The van der Waals surface area contributed by atoms with Crippen LogP contribution < -0.4 is 4.90 Å². The zero-order valence-electron chi connectivity index (χ0n) is 19.7. The monoisotopic (exact) mass is 423 g/mol. The summed E-state index contributed by atoms with van der Waals surface area (Å²) in [6, 6.07) is 10.3. The van der Waals surface area contributed by atoms with Gasteiger partial charge in [0.05, 0.1) is 12.1 Å². The molecule has 4 fully saturated rings. The predicted molar refractivity (Wildman–Crippen MR) is 126 cm³/mol. The van der Waals surface area contributed by atoms with Crippen LogP contribution in [0.25, 0.3) is 0 Å². The highest BCUT2D eigenvalue weighted by molar-refractivity contribution is 5.86. The standard InChI is InChI=1S/C28H41NO2/c1-27(31)15-13-21-19(17-27)9-10-23-22(21)14-16-28(2)24(23)11-12-25(28)26(30)18-29(3)20-7-5-4-6-8-20/h4-8,19,21-25,31H,9-18H2,1-3H3/t19-,21-,22+,23+,24-,25+,27+,28-/m0/s1. The van der Waals surface area contributed by atoms with E-state index in [2.05, 4.69) is 31.0 Å². The van der Waals surface area contributed by atoms with E-state index in [1.165, 1.54) is 38.5 Å². The van der Waals surface area contributed by atoms with Crippen molar-refractivity contribution in [2.24, 2.45) is 40.9 Å². The highest BCUT2D eigenvalue weighted by Crippen LogP contribution is 2.64. The number of carbonyl (C=O) groups excluding carboxylic acids is 1. The van der Waals surface area contributed by atoms with Crippen LogP contribution in [0.2, 0.25) is 0 Å². The highest BCUT2D eigenvalue weighted by atomic mass is 16.3. The molecule has 170 valence electrons. The molecule has 0 aliphatic heterocycles. The first kappa shape index (κ1) is 21.5. The zero-order valence-corrected chi connectivity index (χ0v) is 19.7. The van der Waals surface area contributed by atoms with Gasteiger partial charge >= 0.3 is 0 Å². The van der Waals surface area contributed by atoms with Gasteiger partial charge in [-0.05, 0) is 112 Å². The number of fused-ring (bicyclic) bond motifs is 5. The van der Waals surface area contributed by atoms with Crippen molar-refractivity contribution in [3.05, 3.63) is 30.3 Å². The number of para-hydroxylation sites is 1. The fraction of sp³-hybridized carbons (Fsp3) is 0.750. The molecule has 4 aliphatic carbocycles. The molecule has 1 aromatic carbocycles. The van der Waals surface area contributed by atoms with E-state index in [0.29, 0.717) is 12.3 Å². The smallest absolute Gasteiger partial charge is 0.155 e. The second kappa shape index (κ2) is 7.90. The number of aliphatic hydroxyl groups is 1. The Morgan fingerprint density at radius 2 is 1.71 bits per heavy atom. The number of likely N-dealkylation sites (N-methyl/N-ethyl adjacent to an activating group) is 1. The lowest BCUT2D eigenvalue weighted by molar-refractivity contribution is -0.131. The van der Waals surface area contributed by atoms with Gasteiger partial charge in [0.1, 0.15) is 0 Å². The summed E-state index contributed by atoms with van der Waals surface area (Å²) >= 11 is 0. The second-order valence-electron chi connectivity index (χ2n) is 12.0. The molecule has 4 saturated carbocycles. The molecule has 0 aromatic heterocycles. The fourth-order valence-electron chi connectivity index (χ4n) is 8.73. The minimum absolute atomic E-state index is 0.197. The van der Waals surface area contributed by atoms with Crippen LogP contribution in [0.4, 0.5) is 5.69 Å². The van der Waals surface area contributed by atoms with Crippen molar-refractivity contribution < 1.29 is 9.90 Å². The molecule has 0 unspecified atom stereocenters. The summed E-state index contributed by atoms with van der Waals surface area (Å²) in [5, 5.41) is 10.6. The number of carbonyl (C=O) groups is 1. The van der Waals surface area contributed by atoms with Gasteiger partial charge in [0.25, 0.3) is 0 Å². The average molecular weight is 424 g/mol. The van der Waals surface area contributed by atoms with Gasteiger partial charge in [-0.3, -0.25) is 4.79 Å². The Morgan fingerprint density at radius 1 is 0.968 bits per heavy atom. The van der Waals surface area contributed by atoms with Crippen molar-refractivity contribution >= 4 is 11.5 Å². The Morgan fingerprint density at radius 3 is 2.48 bits per heavy atom. The lowest BCUT2D eigenvalue weighted by Crippen LogP contribution is -2.51. The van der Waals surface area contributed by atoms with Crippen LogP contribution in [-0.2, 0) is 4.79 Å². The Hall–Kier alpha value is -1.35. The summed E-state index contributed by atoms with van der Waals surface area (Å²) in [4.78, 5) is 15.6. The molecule has 0 spiro atoms. The number of benzene rings is 1. The quantitative estimate of drug-likeness (QED) is 0.674. The third-order valence-corrected chi connectivity index (χ3v) is 10.2. The van der Waals surface area contributed by atoms with Crippen molar-refractivity contribution in [1.29, 1.82) is 0 Å². The van der Waals surface area contributed by atoms with Crippen LogP contribution in [-0.4, -0.2) is 30.1 Å². The fourth-order valence-corrected chi connectivity index (χ4v) is 8.73. The van der Waals surface area contributed by atoms with E-state index < -0.39 is 5.60 Å². The summed E-state index contributed by atoms with van der Waals surface area (Å²) in [6.07, 6.45) is 10.7. The van der Waals surface area contributed by atoms with Crippen molar-refractivity contribution in [1.82, 2.24) is 0 Å². The number of Topliss-reactive ketones (excluding diaryl/α,β-unsaturated/α-hetero) is 1. The Balaban J connectivity index is 1.28. The van der Waals surface area contributed by atoms with Crippen LogP contribution in [0, 0.1) is 40.9 Å². The van der Waals surface area contributed by atoms with Gasteiger partial charge in [-0.25, -0.2) is 0 Å². The Bertz CT molecular complexity index is 804. The van der Waals surface area contributed by atoms with Crippen molar-refractivity contribution in [2.45, 2.75) is 77.2 Å². The first-order valence-electron chi connectivity index (χ1n) is 12.8. The third kappa shape index (κ3) is 3.75. The number of hydrogen-bond acceptors (Lipinski definition) is 3. The molecule has 8 atom stereocenters. The molecule has 1 aromatic rings. The van der Waals surface area contributed by atoms with Crippen molar-refractivity contribution in [3.8, 4) is 0 Å². The van der Waals surface area contributed by atoms with E-state index in [-0.39, 0.29) is 11.3 Å². The van der Waals surface area contributed by atoms with Crippen molar-refractivity contribution in [3.63, 3.8) is 0 Å². The van der Waals surface area contributed by atoms with Crippen LogP contribution in [0.5, 0.6) is 0 Å². The van der Waals surface area contributed by atoms with E-state index >= 15 is 0 Å². The minimum atomic E-state index is -0.438. The highest BCUT2D eigenvalue weighted by Gasteiger charge is 2.58. The van der Waals surface area contributed by atoms with Crippen LogP contribution in [0.3, 0.4) is 0 Å². The molecule has 5 rings (SSSR count). The van der Waals surface area contributed by atoms with E-state index in [1.54, 1.807) is 0 Å². The van der Waals surface area contributed by atoms with E-state index in [0.717, 1.165) is 54.5 Å². The van der Waals surface area contributed by atoms with Gasteiger partial charge < -0.3 is 10.0 Å². The Labute approximate surface area is 188 Å². The Kier molecular flexibility index (Phi) is 5.48. The molecule has 1 N–H and O–H groups in total. The van der Waals surface area contributed by atoms with Gasteiger partial charge in [-0.15, -0.1) is 0 Å². The van der Waals surface area contributed by atoms with Gasteiger partial charge in [0.15, 0.2) is 5.78 Å². The molecule has 0 heterocycles. The number of hydrogen-bond donors (Lipinski definition) is 1. The van der Waals surface area contributed by atoms with Crippen LogP contribution in [0.1, 0.15) is 71.6 Å². The van der Waals surface area contributed by atoms with Gasteiger partial charge in [-0.2, -0.15) is 0 Å². The molecule has 31 heavy (non-hydrogen) atoms. The van der Waals surface area contributed by atoms with Crippen LogP contribution >= 0.6 is 0 Å². The predicted octanol–water partition coefficient (Wildman–Crippen LogP) is 5.71. The molecular weight excluding hydrogens is 382 g/mol. The van der Waals surface area contributed by atoms with Crippen molar-refractivity contribution in [2.75, 3.05) is 18.5 Å². The average Bonchev–Trinajstić information content (AvgIpc) is 3.10. The van der Waals surface area contributed by atoms with Gasteiger partial charge in [-0.1, -0.05) is 25.1 Å². The van der Waals surface area contributed by atoms with E-state index in [4.69, 9.17) is 0 Å². The van der Waals surface area contributed by atoms with Crippen LogP contribution in [0.15, 0.2) is 30.3 Å². The molecule has 0 saturated heterocycles. The topological polar surface area (TPSA) is 40.5 Å². The maximum atomic E-state index is 13.5. The lowest BCUT2D eigenvalue weighted by atomic mass is 9.49. The molecule has 3 nitrogen and oxygen atoms in total. The first-order valence-corrected chi connectivity index (χ1v) is 12.8. The summed E-state index contributed by atoms with van der Waals surface area (Å²) in [7, 11) is 2.05. The maximum Gasteiger partial charge on any atom is 0.155 e. The SMILES string of the molecule is CN(CC(=O)[C@H]1CC[C@H]2[C@@H]3CC[C@H]4C[C@](C)(O)CC[C@@H]4[C@H]3CC[C@]12C)c1ccccc1. The number of anilines is 1. The van der Waals surface area contributed by atoms with E-state index in [9.17, 15) is 9.90 Å². The maximum absolute atomic E-state index is 13.5. The normalized spacial score (nSPS) is 44.1. The molecule has 0 bridgehead atoms. The summed E-state index contributed by atoms with van der Waals surface area (Å²) in [5.74, 6) is 4.62. The number of ketones is 1. The van der Waals surface area contributed by atoms with Gasteiger partial charge in [0.2, 0.25) is 0 Å². The van der Waals surface area contributed by atoms with Gasteiger partial charge in [0, 0.05) is 18.7 Å². The molecular formula is C28H41NO2. The summed E-state index contributed by atoms with van der Waals surface area (Å²) in [6.45, 7) is 5.04. The molecule has 4 aliphatic rings. The molecule has 0 amide bonds. The second-order valence-corrected chi connectivity index (χ2v) is 12.0. The molecule has 0 radical (unpaired) electrons. The summed E-state index contributed by atoms with van der Waals surface area (Å²) in [5.41, 5.74) is 0.890. The largest absolute Gasteiger partial charge is 0.390 e. The van der Waals surface area contributed by atoms with E-state index in [1.807, 2.05) is 25.1 Å². The lowest BCUT2D eigenvalue weighted by Gasteiger charge is -2.56. The summed E-state index contributed by atoms with van der Waals surface area (Å²) < 4.78 is 0. The minimum Gasteiger partial charge on any atom is -0.390 e. The third-order valence-electron chi connectivity index (χ3n) is 10.2. The zero-order chi connectivity index (χ0) is 21.8. The molecule has 3 heteroatoms.